The minimum Gasteiger partial charge on any atom is -0.496 e. The van der Waals surface area contributed by atoms with Crippen molar-refractivity contribution in [1.82, 2.24) is 4.90 Å². The Labute approximate surface area is 178 Å². The summed E-state index contributed by atoms with van der Waals surface area (Å²) < 4.78 is 11.1. The standard InChI is InChI=1S/C25H31NO4/c1-17-12-20(13-18(2)23(17)29-3)25(28)14-21-10-7-11-22(15-25)26(21)24(27)30-16-19-8-5-4-6-9-19/h4-6,8-9,12-13,21-22,28H,7,10-11,14-16H2,1-3H3. The molecular weight excluding hydrogens is 378 g/mol. The lowest BCUT2D eigenvalue weighted by Crippen LogP contribution is -2.58. The van der Waals surface area contributed by atoms with Crippen molar-refractivity contribution in [3.8, 4) is 5.75 Å². The Bertz CT molecular complexity index is 874. The van der Waals surface area contributed by atoms with Gasteiger partial charge < -0.3 is 19.5 Å². The summed E-state index contributed by atoms with van der Waals surface area (Å²) in [7, 11) is 1.67. The van der Waals surface area contributed by atoms with Gasteiger partial charge in [0.2, 0.25) is 0 Å². The van der Waals surface area contributed by atoms with Crippen LogP contribution < -0.4 is 4.74 Å². The highest BCUT2D eigenvalue weighted by Crippen LogP contribution is 2.45. The van der Waals surface area contributed by atoms with Crippen LogP contribution in [0.2, 0.25) is 0 Å². The number of hydrogen-bond acceptors (Lipinski definition) is 4. The van der Waals surface area contributed by atoms with Crippen LogP contribution in [0, 0.1) is 13.8 Å². The summed E-state index contributed by atoms with van der Waals surface area (Å²) in [6.07, 6.45) is 3.68. The quantitative estimate of drug-likeness (QED) is 0.784. The van der Waals surface area contributed by atoms with Crippen LogP contribution in [-0.2, 0) is 16.9 Å². The number of aliphatic hydroxyl groups is 1. The van der Waals surface area contributed by atoms with Gasteiger partial charge >= 0.3 is 6.09 Å². The van der Waals surface area contributed by atoms with Crippen molar-refractivity contribution in [2.75, 3.05) is 7.11 Å². The van der Waals surface area contributed by atoms with Gasteiger partial charge in [0.25, 0.3) is 0 Å². The predicted molar refractivity (Wildman–Crippen MR) is 115 cm³/mol. The smallest absolute Gasteiger partial charge is 0.410 e. The molecule has 2 bridgehead atoms. The molecular formula is C25H31NO4. The molecule has 0 aromatic heterocycles. The van der Waals surface area contributed by atoms with E-state index in [1.165, 1.54) is 0 Å². The van der Waals surface area contributed by atoms with Crippen LogP contribution in [-0.4, -0.2) is 35.3 Å². The number of carbonyl (C=O) groups excluding carboxylic acids is 1. The summed E-state index contributed by atoms with van der Waals surface area (Å²) in [5.74, 6) is 0.865. The van der Waals surface area contributed by atoms with Gasteiger partial charge in [-0.3, -0.25) is 0 Å². The molecule has 2 atom stereocenters. The maximum absolute atomic E-state index is 12.9. The first-order valence-corrected chi connectivity index (χ1v) is 10.8. The van der Waals surface area contributed by atoms with Crippen LogP contribution in [0.4, 0.5) is 4.79 Å². The van der Waals surface area contributed by atoms with Gasteiger partial charge in [-0.2, -0.15) is 0 Å². The molecule has 2 saturated heterocycles. The minimum atomic E-state index is -0.937. The van der Waals surface area contributed by atoms with Gasteiger partial charge in [-0.05, 0) is 67.5 Å². The van der Waals surface area contributed by atoms with Crippen molar-refractivity contribution in [3.05, 3.63) is 64.7 Å². The third-order valence-electron chi connectivity index (χ3n) is 6.63. The monoisotopic (exact) mass is 409 g/mol. The topological polar surface area (TPSA) is 59.0 Å². The largest absolute Gasteiger partial charge is 0.496 e. The van der Waals surface area contributed by atoms with Gasteiger partial charge in [0.15, 0.2) is 0 Å². The lowest BCUT2D eigenvalue weighted by atomic mass is 9.72. The lowest BCUT2D eigenvalue weighted by molar-refractivity contribution is -0.0897. The Morgan fingerprint density at radius 1 is 1.10 bits per heavy atom. The summed E-state index contributed by atoms with van der Waals surface area (Å²) >= 11 is 0. The van der Waals surface area contributed by atoms with Crippen molar-refractivity contribution in [2.45, 2.75) is 70.2 Å². The number of carbonyl (C=O) groups is 1. The summed E-state index contributed by atoms with van der Waals surface area (Å²) in [6, 6.07) is 13.8. The maximum atomic E-state index is 12.9. The van der Waals surface area contributed by atoms with Crippen molar-refractivity contribution in [1.29, 1.82) is 0 Å². The fourth-order valence-corrected chi connectivity index (χ4v) is 5.30. The van der Waals surface area contributed by atoms with E-state index >= 15 is 0 Å². The number of benzene rings is 2. The highest BCUT2D eigenvalue weighted by molar-refractivity contribution is 5.69. The number of rotatable bonds is 4. The summed E-state index contributed by atoms with van der Waals surface area (Å²) in [5, 5.41) is 11.6. The Morgan fingerprint density at radius 3 is 2.27 bits per heavy atom. The van der Waals surface area contributed by atoms with E-state index < -0.39 is 5.60 Å². The average Bonchev–Trinajstić information content (AvgIpc) is 2.72. The molecule has 1 amide bonds. The van der Waals surface area contributed by atoms with E-state index in [4.69, 9.17) is 9.47 Å². The predicted octanol–water partition coefficient (Wildman–Crippen LogP) is 4.85. The van der Waals surface area contributed by atoms with E-state index in [-0.39, 0.29) is 24.8 Å². The van der Waals surface area contributed by atoms with Crippen molar-refractivity contribution < 1.29 is 19.4 Å². The Balaban J connectivity index is 1.52. The van der Waals surface area contributed by atoms with E-state index in [0.29, 0.717) is 12.8 Å². The molecule has 0 radical (unpaired) electrons. The van der Waals surface area contributed by atoms with Crippen LogP contribution in [0.3, 0.4) is 0 Å². The Morgan fingerprint density at radius 2 is 1.70 bits per heavy atom. The summed E-state index contributed by atoms with van der Waals surface area (Å²) in [5.41, 5.74) is 3.01. The first-order valence-electron chi connectivity index (χ1n) is 10.8. The van der Waals surface area contributed by atoms with E-state index in [9.17, 15) is 9.90 Å². The third kappa shape index (κ3) is 3.91. The van der Waals surface area contributed by atoms with Crippen molar-refractivity contribution in [3.63, 3.8) is 0 Å². The van der Waals surface area contributed by atoms with Gasteiger partial charge in [0.05, 0.1) is 12.7 Å². The van der Waals surface area contributed by atoms with E-state index in [0.717, 1.165) is 47.3 Å². The average molecular weight is 410 g/mol. The SMILES string of the molecule is COc1c(C)cc(C2(O)CC3CCCC(C2)N3C(=O)OCc2ccccc2)cc1C. The van der Waals surface area contributed by atoms with Crippen LogP contribution in [0.1, 0.15) is 54.4 Å². The Kier molecular flexibility index (Phi) is 5.74. The molecule has 30 heavy (non-hydrogen) atoms. The summed E-state index contributed by atoms with van der Waals surface area (Å²) in [4.78, 5) is 14.8. The van der Waals surface area contributed by atoms with Gasteiger partial charge in [0, 0.05) is 24.9 Å². The summed E-state index contributed by atoms with van der Waals surface area (Å²) in [6.45, 7) is 4.29. The third-order valence-corrected chi connectivity index (χ3v) is 6.63. The lowest BCUT2D eigenvalue weighted by Gasteiger charge is -2.51. The van der Waals surface area contributed by atoms with E-state index in [2.05, 4.69) is 0 Å². The second kappa shape index (κ2) is 8.31. The zero-order chi connectivity index (χ0) is 21.3. The molecule has 0 aliphatic carbocycles. The Hall–Kier alpha value is -2.53. The zero-order valence-corrected chi connectivity index (χ0v) is 18.1. The maximum Gasteiger partial charge on any atom is 0.410 e. The van der Waals surface area contributed by atoms with Crippen LogP contribution in [0.5, 0.6) is 5.75 Å². The second-order valence-corrected chi connectivity index (χ2v) is 8.77. The van der Waals surface area contributed by atoms with Crippen LogP contribution in [0.15, 0.2) is 42.5 Å². The molecule has 2 heterocycles. The van der Waals surface area contributed by atoms with Gasteiger partial charge in [-0.25, -0.2) is 4.79 Å². The number of methoxy groups -OCH3 is 1. The molecule has 5 nitrogen and oxygen atoms in total. The first-order chi connectivity index (χ1) is 14.4. The number of amides is 1. The number of ether oxygens (including phenoxy) is 2. The van der Waals surface area contributed by atoms with E-state index in [1.54, 1.807) is 7.11 Å². The molecule has 2 aliphatic heterocycles. The molecule has 2 unspecified atom stereocenters. The molecule has 5 heteroatoms. The number of nitrogens with zero attached hydrogens (tertiary/aromatic N) is 1. The first kappa shape index (κ1) is 20.7. The van der Waals surface area contributed by atoms with Gasteiger partial charge in [0.1, 0.15) is 12.4 Å². The van der Waals surface area contributed by atoms with Crippen molar-refractivity contribution in [2.24, 2.45) is 0 Å². The van der Waals surface area contributed by atoms with Crippen LogP contribution in [0.25, 0.3) is 0 Å². The molecule has 1 N–H and O–H groups in total. The molecule has 2 aliphatic rings. The highest BCUT2D eigenvalue weighted by atomic mass is 16.6. The molecule has 2 aromatic rings. The number of fused-ring (bicyclic) bond motifs is 2. The van der Waals surface area contributed by atoms with E-state index in [1.807, 2.05) is 61.2 Å². The number of piperidine rings is 2. The van der Waals surface area contributed by atoms with Gasteiger partial charge in [-0.1, -0.05) is 30.3 Å². The fraction of sp³-hybridized carbons (Fsp3) is 0.480. The molecule has 0 spiro atoms. The second-order valence-electron chi connectivity index (χ2n) is 8.77. The molecule has 0 saturated carbocycles. The molecule has 2 aromatic carbocycles. The number of aryl methyl sites for hydroxylation is 2. The molecule has 2 fully saturated rings. The van der Waals surface area contributed by atoms with Crippen LogP contribution >= 0.6 is 0 Å². The number of hydrogen-bond donors (Lipinski definition) is 1. The normalized spacial score (nSPS) is 25.7. The fourth-order valence-electron chi connectivity index (χ4n) is 5.30. The zero-order valence-electron chi connectivity index (χ0n) is 18.1. The highest BCUT2D eigenvalue weighted by Gasteiger charge is 2.48. The minimum absolute atomic E-state index is 0.00603. The molecule has 4 rings (SSSR count). The molecule has 160 valence electrons. The van der Waals surface area contributed by atoms with Gasteiger partial charge in [-0.15, -0.1) is 0 Å². The van der Waals surface area contributed by atoms with Crippen molar-refractivity contribution >= 4 is 6.09 Å².